The van der Waals surface area contributed by atoms with E-state index < -0.39 is 58.6 Å². The van der Waals surface area contributed by atoms with Crippen LogP contribution in [0, 0.1) is 5.82 Å². The summed E-state index contributed by atoms with van der Waals surface area (Å²) in [7, 11) is 0. The number of thioether (sulfide) groups is 1. The van der Waals surface area contributed by atoms with Gasteiger partial charge in [0, 0.05) is 12.6 Å². The van der Waals surface area contributed by atoms with Crippen LogP contribution in [-0.2, 0) is 27.0 Å². The summed E-state index contributed by atoms with van der Waals surface area (Å²) in [5.74, 6) is -1.64. The maximum Gasteiger partial charge on any atom is 0.416 e. The van der Waals surface area contributed by atoms with Crippen LogP contribution >= 0.6 is 23.4 Å². The highest BCUT2D eigenvalue weighted by molar-refractivity contribution is 8.00. The monoisotopic (exact) mass is 633 g/mol. The topological polar surface area (TPSA) is 97.0 Å². The number of nitrogens with one attached hydrogen (secondary N) is 2. The third-order valence-electron chi connectivity index (χ3n) is 6.32. The summed E-state index contributed by atoms with van der Waals surface area (Å²) in [5.41, 5.74) is -1.23. The van der Waals surface area contributed by atoms with E-state index >= 15 is 0 Å². The van der Waals surface area contributed by atoms with Gasteiger partial charge in [-0.05, 0) is 69.7 Å². The van der Waals surface area contributed by atoms with Crippen molar-refractivity contribution in [3.63, 3.8) is 0 Å². The maximum absolute atomic E-state index is 13.7. The molecule has 230 valence electrons. The molecule has 0 saturated carbocycles. The number of amides is 3. The van der Waals surface area contributed by atoms with Crippen LogP contribution in [0.5, 0.6) is 5.75 Å². The zero-order valence-corrected chi connectivity index (χ0v) is 25.0. The van der Waals surface area contributed by atoms with Crippen molar-refractivity contribution in [1.29, 1.82) is 0 Å². The molecule has 8 nitrogen and oxygen atoms in total. The lowest BCUT2D eigenvalue weighted by molar-refractivity contribution is -0.137. The van der Waals surface area contributed by atoms with Gasteiger partial charge in [0.05, 0.1) is 17.1 Å². The average Bonchev–Trinajstić information content (AvgIpc) is 2.91. The standard InChI is InChI=1S/C28H32ClF4N3O5S/c1-26(2,3)41-25(39)36-16-27(42-4,35-23(37)15-40-19-9-10-20(29)21(30)13-19)12-11-22(36)24(38)34-14-17-5-7-18(8-6-17)28(31,32)33/h5-10,13,22H,11-12,14-16H2,1-4H3,(H,34,38)(H,35,37)/t22-,27+/m1/s1. The Kier molecular flexibility index (Phi) is 10.6. The maximum atomic E-state index is 13.7. The fourth-order valence-electron chi connectivity index (χ4n) is 4.22. The number of piperidine rings is 1. The summed E-state index contributed by atoms with van der Waals surface area (Å²) >= 11 is 6.95. The minimum Gasteiger partial charge on any atom is -0.484 e. The number of nitrogens with zero attached hydrogens (tertiary/aromatic N) is 1. The SMILES string of the molecule is CS[C@@]1(NC(=O)COc2ccc(Cl)c(F)c2)CC[C@H](C(=O)NCc2ccc(C(F)(F)F)cc2)N(C(=O)OC(C)(C)C)C1. The highest BCUT2D eigenvalue weighted by atomic mass is 35.5. The Morgan fingerprint density at radius 3 is 2.36 bits per heavy atom. The number of likely N-dealkylation sites (tertiary alicyclic amines) is 1. The first kappa shape index (κ1) is 33.3. The zero-order chi connectivity index (χ0) is 31.3. The number of halogens is 5. The van der Waals surface area contributed by atoms with Gasteiger partial charge < -0.3 is 20.1 Å². The summed E-state index contributed by atoms with van der Waals surface area (Å²) in [4.78, 5) is 39.5. The predicted octanol–water partition coefficient (Wildman–Crippen LogP) is 5.77. The van der Waals surface area contributed by atoms with E-state index in [0.29, 0.717) is 12.0 Å². The Labute approximate surface area is 250 Å². The number of rotatable bonds is 8. The molecule has 0 aromatic heterocycles. The second kappa shape index (κ2) is 13.4. The molecule has 0 unspecified atom stereocenters. The molecule has 0 aliphatic carbocycles. The molecule has 1 aliphatic heterocycles. The first-order chi connectivity index (χ1) is 19.5. The van der Waals surface area contributed by atoms with E-state index in [1.165, 1.54) is 40.9 Å². The number of hydrogen-bond acceptors (Lipinski definition) is 6. The molecule has 42 heavy (non-hydrogen) atoms. The Hall–Kier alpha value is -3.19. The molecule has 2 atom stereocenters. The second-order valence-electron chi connectivity index (χ2n) is 10.7. The van der Waals surface area contributed by atoms with Crippen LogP contribution in [0.25, 0.3) is 0 Å². The first-order valence-electron chi connectivity index (χ1n) is 12.9. The fourth-order valence-corrected chi connectivity index (χ4v) is 5.14. The zero-order valence-electron chi connectivity index (χ0n) is 23.4. The van der Waals surface area contributed by atoms with Gasteiger partial charge in [0.1, 0.15) is 28.1 Å². The molecular formula is C28H32ClF4N3O5S. The predicted molar refractivity (Wildman–Crippen MR) is 151 cm³/mol. The molecular weight excluding hydrogens is 602 g/mol. The van der Waals surface area contributed by atoms with E-state index in [4.69, 9.17) is 21.1 Å². The van der Waals surface area contributed by atoms with E-state index in [0.717, 1.165) is 18.2 Å². The molecule has 3 amide bonds. The van der Waals surface area contributed by atoms with Crippen LogP contribution < -0.4 is 15.4 Å². The Morgan fingerprint density at radius 2 is 1.79 bits per heavy atom. The van der Waals surface area contributed by atoms with Crippen LogP contribution in [0.1, 0.15) is 44.7 Å². The minimum absolute atomic E-state index is 0.0529. The number of hydrogen-bond donors (Lipinski definition) is 2. The number of ether oxygens (including phenoxy) is 2. The fraction of sp³-hybridized carbons (Fsp3) is 0.464. The van der Waals surface area contributed by atoms with E-state index in [1.54, 1.807) is 27.0 Å². The van der Waals surface area contributed by atoms with E-state index in [1.807, 2.05) is 0 Å². The van der Waals surface area contributed by atoms with Crippen LogP contribution in [0.2, 0.25) is 5.02 Å². The van der Waals surface area contributed by atoms with Gasteiger partial charge in [-0.3, -0.25) is 14.5 Å². The molecule has 0 radical (unpaired) electrons. The van der Waals surface area contributed by atoms with Gasteiger partial charge in [-0.15, -0.1) is 11.8 Å². The summed E-state index contributed by atoms with van der Waals surface area (Å²) in [6.45, 7) is 4.46. The summed E-state index contributed by atoms with van der Waals surface area (Å²) < 4.78 is 63.2. The van der Waals surface area contributed by atoms with Crippen LogP contribution in [-0.4, -0.2) is 58.7 Å². The van der Waals surface area contributed by atoms with Gasteiger partial charge in [0.2, 0.25) is 5.91 Å². The summed E-state index contributed by atoms with van der Waals surface area (Å²) in [6.07, 6.45) is -3.04. The Morgan fingerprint density at radius 1 is 1.12 bits per heavy atom. The van der Waals surface area contributed by atoms with Crippen molar-refractivity contribution in [3.8, 4) is 5.75 Å². The first-order valence-corrected chi connectivity index (χ1v) is 14.5. The molecule has 1 fully saturated rings. The highest BCUT2D eigenvalue weighted by Crippen LogP contribution is 2.35. The molecule has 2 N–H and O–H groups in total. The van der Waals surface area contributed by atoms with Gasteiger partial charge in [0.25, 0.3) is 5.91 Å². The van der Waals surface area contributed by atoms with Gasteiger partial charge >= 0.3 is 12.3 Å². The van der Waals surface area contributed by atoms with E-state index in [9.17, 15) is 31.9 Å². The van der Waals surface area contributed by atoms with Gasteiger partial charge in [-0.2, -0.15) is 13.2 Å². The Balaban J connectivity index is 1.70. The molecule has 14 heteroatoms. The summed E-state index contributed by atoms with van der Waals surface area (Å²) in [6, 6.07) is 7.21. The molecule has 1 heterocycles. The minimum atomic E-state index is -4.48. The van der Waals surface area contributed by atoms with Crippen molar-refractivity contribution in [2.45, 2.75) is 62.8 Å². The van der Waals surface area contributed by atoms with Crippen molar-refractivity contribution >= 4 is 41.3 Å². The van der Waals surface area contributed by atoms with Crippen LogP contribution in [0.3, 0.4) is 0 Å². The van der Waals surface area contributed by atoms with Crippen molar-refractivity contribution < 1.29 is 41.4 Å². The average molecular weight is 634 g/mol. The third kappa shape index (κ3) is 9.15. The van der Waals surface area contributed by atoms with Crippen LogP contribution in [0.15, 0.2) is 42.5 Å². The van der Waals surface area contributed by atoms with Crippen molar-refractivity contribution in [2.24, 2.45) is 0 Å². The summed E-state index contributed by atoms with van der Waals surface area (Å²) in [5, 5.41) is 5.46. The van der Waals surface area contributed by atoms with E-state index in [-0.39, 0.29) is 30.3 Å². The highest BCUT2D eigenvalue weighted by Gasteiger charge is 2.46. The van der Waals surface area contributed by atoms with Crippen molar-refractivity contribution in [3.05, 3.63) is 64.4 Å². The molecule has 0 spiro atoms. The lowest BCUT2D eigenvalue weighted by Crippen LogP contribution is -2.64. The second-order valence-corrected chi connectivity index (χ2v) is 12.3. The lowest BCUT2D eigenvalue weighted by Gasteiger charge is -2.45. The van der Waals surface area contributed by atoms with Crippen LogP contribution in [0.4, 0.5) is 22.4 Å². The lowest BCUT2D eigenvalue weighted by atomic mass is 9.97. The molecule has 3 rings (SSSR count). The quantitative estimate of drug-likeness (QED) is 0.283. The van der Waals surface area contributed by atoms with Crippen molar-refractivity contribution in [2.75, 3.05) is 19.4 Å². The number of carbonyl (C=O) groups excluding carboxylic acids is 3. The number of benzene rings is 2. The normalized spacial score (nSPS) is 19.2. The smallest absolute Gasteiger partial charge is 0.416 e. The van der Waals surface area contributed by atoms with Gasteiger partial charge in [0.15, 0.2) is 6.61 Å². The largest absolute Gasteiger partial charge is 0.484 e. The Bertz CT molecular complexity index is 1290. The van der Waals surface area contributed by atoms with Gasteiger partial charge in [-0.1, -0.05) is 23.7 Å². The molecule has 0 bridgehead atoms. The van der Waals surface area contributed by atoms with Crippen molar-refractivity contribution in [1.82, 2.24) is 15.5 Å². The third-order valence-corrected chi connectivity index (χ3v) is 7.84. The molecule has 2 aromatic rings. The van der Waals surface area contributed by atoms with Gasteiger partial charge in [-0.25, -0.2) is 9.18 Å². The van der Waals surface area contributed by atoms with E-state index in [2.05, 4.69) is 10.6 Å². The molecule has 1 aliphatic rings. The number of alkyl halides is 3. The molecule has 2 aromatic carbocycles. The molecule has 1 saturated heterocycles. The number of carbonyl (C=O) groups is 3.